The fourth-order valence-corrected chi connectivity index (χ4v) is 2.96. The molecule has 3 aromatic heterocycles. The van der Waals surface area contributed by atoms with Crippen LogP contribution in [0.3, 0.4) is 0 Å². The van der Waals surface area contributed by atoms with Crippen molar-refractivity contribution in [2.24, 2.45) is 7.05 Å². The summed E-state index contributed by atoms with van der Waals surface area (Å²) >= 11 is 1.67. The number of nitrogens with one attached hydrogen (secondary N) is 2. The third-order valence-electron chi connectivity index (χ3n) is 3.03. The van der Waals surface area contributed by atoms with Gasteiger partial charge in [0.25, 0.3) is 0 Å². The Hall–Kier alpha value is -2.22. The highest BCUT2D eigenvalue weighted by Gasteiger charge is 2.10. The molecule has 0 saturated carbocycles. The Balaban J connectivity index is 1.78. The lowest BCUT2D eigenvalue weighted by molar-refractivity contribution is 0.742. The first-order valence-corrected chi connectivity index (χ1v) is 7.51. The summed E-state index contributed by atoms with van der Waals surface area (Å²) in [6.07, 6.45) is 2.46. The van der Waals surface area contributed by atoms with Gasteiger partial charge in [-0.05, 0) is 13.0 Å². The minimum absolute atomic E-state index is 0.628. The Morgan fingerprint density at radius 2 is 2.19 bits per heavy atom. The maximum Gasteiger partial charge on any atom is 0.225 e. The first-order chi connectivity index (χ1) is 10.2. The van der Waals surface area contributed by atoms with E-state index in [1.807, 2.05) is 14.1 Å². The van der Waals surface area contributed by atoms with Gasteiger partial charge >= 0.3 is 0 Å². The summed E-state index contributed by atoms with van der Waals surface area (Å²) in [6.45, 7) is 2.81. The molecular formula is C13H17N7S. The van der Waals surface area contributed by atoms with Gasteiger partial charge < -0.3 is 10.6 Å². The van der Waals surface area contributed by atoms with Gasteiger partial charge in [-0.25, -0.2) is 9.97 Å². The Morgan fingerprint density at radius 3 is 2.90 bits per heavy atom. The lowest BCUT2D eigenvalue weighted by atomic mass is 10.3. The van der Waals surface area contributed by atoms with E-state index in [1.54, 1.807) is 22.3 Å². The van der Waals surface area contributed by atoms with Crippen LogP contribution < -0.4 is 10.6 Å². The Kier molecular flexibility index (Phi) is 3.70. The van der Waals surface area contributed by atoms with Crippen molar-refractivity contribution in [1.29, 1.82) is 0 Å². The van der Waals surface area contributed by atoms with Gasteiger partial charge in [0.05, 0.1) is 5.39 Å². The smallest absolute Gasteiger partial charge is 0.225 e. The molecule has 0 aliphatic carbocycles. The molecule has 0 aliphatic rings. The number of hydrogen-bond acceptors (Lipinski definition) is 7. The van der Waals surface area contributed by atoms with Crippen molar-refractivity contribution in [2.45, 2.75) is 13.3 Å². The SMILES string of the molecule is CNc1nc(NCCc2ncn(C)n2)c2cc(C)sc2n1. The predicted molar refractivity (Wildman–Crippen MR) is 84.9 cm³/mol. The van der Waals surface area contributed by atoms with E-state index in [0.717, 1.165) is 34.8 Å². The minimum Gasteiger partial charge on any atom is -0.369 e. The van der Waals surface area contributed by atoms with E-state index in [1.165, 1.54) is 4.88 Å². The molecule has 3 rings (SSSR count). The van der Waals surface area contributed by atoms with Crippen LogP contribution in [0, 0.1) is 6.92 Å². The zero-order valence-corrected chi connectivity index (χ0v) is 13.0. The summed E-state index contributed by atoms with van der Waals surface area (Å²) in [4.78, 5) is 15.4. The first kappa shape index (κ1) is 13.7. The highest BCUT2D eigenvalue weighted by atomic mass is 32.1. The summed E-state index contributed by atoms with van der Waals surface area (Å²) in [5, 5.41) is 11.7. The summed E-state index contributed by atoms with van der Waals surface area (Å²) in [5.74, 6) is 2.30. The molecule has 0 fully saturated rings. The van der Waals surface area contributed by atoms with Gasteiger partial charge in [-0.3, -0.25) is 4.68 Å². The molecule has 2 N–H and O–H groups in total. The van der Waals surface area contributed by atoms with Crippen molar-refractivity contribution in [1.82, 2.24) is 24.7 Å². The van der Waals surface area contributed by atoms with Crippen molar-refractivity contribution < 1.29 is 0 Å². The molecule has 0 aliphatic heterocycles. The summed E-state index contributed by atoms with van der Waals surface area (Å²) in [6, 6.07) is 2.11. The van der Waals surface area contributed by atoms with E-state index in [2.05, 4.69) is 43.7 Å². The number of anilines is 2. The lowest BCUT2D eigenvalue weighted by Crippen LogP contribution is -2.09. The van der Waals surface area contributed by atoms with Crippen LogP contribution in [0.4, 0.5) is 11.8 Å². The molecule has 0 aromatic carbocycles. The monoisotopic (exact) mass is 303 g/mol. The van der Waals surface area contributed by atoms with E-state index in [4.69, 9.17) is 0 Å². The van der Waals surface area contributed by atoms with Gasteiger partial charge in [0.1, 0.15) is 17.0 Å². The number of fused-ring (bicyclic) bond motifs is 1. The zero-order valence-electron chi connectivity index (χ0n) is 12.2. The van der Waals surface area contributed by atoms with Gasteiger partial charge in [0, 0.05) is 31.9 Å². The van der Waals surface area contributed by atoms with Crippen LogP contribution in [0.15, 0.2) is 12.4 Å². The maximum absolute atomic E-state index is 4.50. The number of aromatic nitrogens is 5. The van der Waals surface area contributed by atoms with Crippen LogP contribution in [-0.4, -0.2) is 38.3 Å². The quantitative estimate of drug-likeness (QED) is 0.748. The number of rotatable bonds is 5. The molecule has 7 nitrogen and oxygen atoms in total. The number of thiophene rings is 1. The van der Waals surface area contributed by atoms with Crippen molar-refractivity contribution >= 4 is 33.3 Å². The van der Waals surface area contributed by atoms with E-state index >= 15 is 0 Å². The first-order valence-electron chi connectivity index (χ1n) is 6.70. The van der Waals surface area contributed by atoms with Crippen molar-refractivity contribution in [3.8, 4) is 0 Å². The van der Waals surface area contributed by atoms with Crippen molar-refractivity contribution in [3.63, 3.8) is 0 Å². The second kappa shape index (κ2) is 5.65. The molecular weight excluding hydrogens is 286 g/mol. The molecule has 0 unspecified atom stereocenters. The van der Waals surface area contributed by atoms with Crippen LogP contribution in [0.25, 0.3) is 10.2 Å². The Morgan fingerprint density at radius 1 is 1.33 bits per heavy atom. The van der Waals surface area contributed by atoms with E-state index in [9.17, 15) is 0 Å². The van der Waals surface area contributed by atoms with E-state index < -0.39 is 0 Å². The maximum atomic E-state index is 4.50. The molecule has 0 saturated heterocycles. The van der Waals surface area contributed by atoms with Gasteiger partial charge in [0.15, 0.2) is 5.82 Å². The molecule has 0 bridgehead atoms. The van der Waals surface area contributed by atoms with Crippen LogP contribution in [0.2, 0.25) is 0 Å². The van der Waals surface area contributed by atoms with Crippen LogP contribution in [0.5, 0.6) is 0 Å². The molecule has 0 spiro atoms. The average molecular weight is 303 g/mol. The topological polar surface area (TPSA) is 80.5 Å². The van der Waals surface area contributed by atoms with Crippen molar-refractivity contribution in [3.05, 3.63) is 23.1 Å². The normalized spacial score (nSPS) is 11.0. The standard InChI is InChI=1S/C13H17N7S/c1-8-6-9-11(17-13(14-2)18-12(9)21-8)15-5-4-10-16-7-20(3)19-10/h6-7H,4-5H2,1-3H3,(H2,14,15,17,18). The van der Waals surface area contributed by atoms with Crippen LogP contribution in [0.1, 0.15) is 10.7 Å². The van der Waals surface area contributed by atoms with E-state index in [-0.39, 0.29) is 0 Å². The predicted octanol–water partition coefficient (Wildman–Crippen LogP) is 1.82. The molecule has 3 heterocycles. The van der Waals surface area contributed by atoms with Gasteiger partial charge in [0.2, 0.25) is 5.95 Å². The van der Waals surface area contributed by atoms with Crippen LogP contribution in [-0.2, 0) is 13.5 Å². The fourth-order valence-electron chi connectivity index (χ4n) is 2.08. The van der Waals surface area contributed by atoms with Gasteiger partial charge in [-0.2, -0.15) is 10.1 Å². The second-order valence-corrected chi connectivity index (χ2v) is 5.97. The molecule has 8 heteroatoms. The molecule has 21 heavy (non-hydrogen) atoms. The van der Waals surface area contributed by atoms with Gasteiger partial charge in [-0.1, -0.05) is 0 Å². The lowest BCUT2D eigenvalue weighted by Gasteiger charge is -2.07. The average Bonchev–Trinajstić information content (AvgIpc) is 3.03. The van der Waals surface area contributed by atoms with Gasteiger partial charge in [-0.15, -0.1) is 11.3 Å². The third kappa shape index (κ3) is 2.94. The molecule has 110 valence electrons. The highest BCUT2D eigenvalue weighted by Crippen LogP contribution is 2.29. The minimum atomic E-state index is 0.628. The second-order valence-electron chi connectivity index (χ2n) is 4.73. The van der Waals surface area contributed by atoms with Crippen molar-refractivity contribution in [2.75, 3.05) is 24.2 Å². The zero-order chi connectivity index (χ0) is 14.8. The summed E-state index contributed by atoms with van der Waals surface area (Å²) in [7, 11) is 3.69. The van der Waals surface area contributed by atoms with E-state index in [0.29, 0.717) is 5.95 Å². The Bertz CT molecular complexity index is 761. The number of aryl methyl sites for hydroxylation is 2. The molecule has 0 radical (unpaired) electrons. The third-order valence-corrected chi connectivity index (χ3v) is 3.97. The number of nitrogens with zero attached hydrogens (tertiary/aromatic N) is 5. The largest absolute Gasteiger partial charge is 0.369 e. The van der Waals surface area contributed by atoms with Crippen LogP contribution >= 0.6 is 11.3 Å². The highest BCUT2D eigenvalue weighted by molar-refractivity contribution is 7.18. The summed E-state index contributed by atoms with van der Waals surface area (Å²) in [5.41, 5.74) is 0. The Labute approximate surface area is 126 Å². The number of hydrogen-bond donors (Lipinski definition) is 2. The molecule has 0 amide bonds. The molecule has 0 atom stereocenters. The molecule has 3 aromatic rings. The summed E-state index contributed by atoms with van der Waals surface area (Å²) < 4.78 is 1.71. The fraction of sp³-hybridized carbons (Fsp3) is 0.385.